The highest BCUT2D eigenvalue weighted by Crippen LogP contribution is 2.49. The molecule has 1 aromatic carbocycles. The predicted octanol–water partition coefficient (Wildman–Crippen LogP) is 5.68. The maximum Gasteiger partial charge on any atom is 0.346 e. The molecule has 5 heteroatoms. The molecular formula is C20H36NO3P. The van der Waals surface area contributed by atoms with Crippen LogP contribution in [0.5, 0.6) is 0 Å². The Bertz CT molecular complexity index is 498. The first-order valence-electron chi connectivity index (χ1n) is 9.80. The maximum atomic E-state index is 11.8. The standard InChI is InChI=1S/C20H36NO3P/c1-3-4-5-6-7-8-9-10-11-12-17-21-20(25(22,23)24)19-15-13-18(2)14-16-19/h13-16,20-21H,3-12,17H2,1-2H3,(H2,22,23,24). The van der Waals surface area contributed by atoms with Crippen LogP contribution in [0.3, 0.4) is 0 Å². The summed E-state index contributed by atoms with van der Waals surface area (Å²) in [4.78, 5) is 19.2. The Labute approximate surface area is 153 Å². The summed E-state index contributed by atoms with van der Waals surface area (Å²) in [5.74, 6) is -0.897. The molecule has 3 N–H and O–H groups in total. The molecule has 0 saturated carbocycles. The van der Waals surface area contributed by atoms with E-state index in [0.717, 1.165) is 18.4 Å². The molecule has 0 aliphatic rings. The second-order valence-corrected chi connectivity index (χ2v) is 8.73. The molecule has 0 heterocycles. The average Bonchev–Trinajstić information content (AvgIpc) is 2.56. The van der Waals surface area contributed by atoms with E-state index in [1.807, 2.05) is 19.1 Å². The van der Waals surface area contributed by atoms with Gasteiger partial charge in [0.05, 0.1) is 0 Å². The van der Waals surface area contributed by atoms with Crippen molar-refractivity contribution in [1.29, 1.82) is 0 Å². The quantitative estimate of drug-likeness (QED) is 0.291. The van der Waals surface area contributed by atoms with Crippen molar-refractivity contribution in [2.75, 3.05) is 6.54 Å². The SMILES string of the molecule is CCCCCCCCCCCCNC(c1ccc(C)cc1)P(=O)(O)O. The van der Waals surface area contributed by atoms with Crippen LogP contribution in [-0.2, 0) is 4.57 Å². The molecule has 0 aliphatic carbocycles. The fourth-order valence-electron chi connectivity index (χ4n) is 3.03. The summed E-state index contributed by atoms with van der Waals surface area (Å²) in [6.07, 6.45) is 12.6. The number of rotatable bonds is 14. The van der Waals surface area contributed by atoms with E-state index in [1.165, 1.54) is 51.4 Å². The van der Waals surface area contributed by atoms with E-state index in [0.29, 0.717) is 12.1 Å². The minimum absolute atomic E-state index is 0.639. The largest absolute Gasteiger partial charge is 0.346 e. The van der Waals surface area contributed by atoms with Gasteiger partial charge in [-0.25, -0.2) is 0 Å². The van der Waals surface area contributed by atoms with Crippen LogP contribution in [0.4, 0.5) is 0 Å². The molecule has 1 atom stereocenters. The first kappa shape index (κ1) is 22.4. The summed E-state index contributed by atoms with van der Waals surface area (Å²) in [6, 6.07) is 7.37. The Morgan fingerprint density at radius 3 is 1.84 bits per heavy atom. The van der Waals surface area contributed by atoms with E-state index >= 15 is 0 Å². The van der Waals surface area contributed by atoms with E-state index in [9.17, 15) is 14.4 Å². The Hall–Kier alpha value is -0.670. The topological polar surface area (TPSA) is 69.6 Å². The number of benzene rings is 1. The Balaban J connectivity index is 2.19. The zero-order valence-corrected chi connectivity index (χ0v) is 16.8. The Kier molecular flexibility index (Phi) is 11.3. The molecule has 0 bridgehead atoms. The highest BCUT2D eigenvalue weighted by atomic mass is 31.2. The van der Waals surface area contributed by atoms with Crippen LogP contribution >= 0.6 is 7.60 Å². The average molecular weight is 369 g/mol. The lowest BCUT2D eigenvalue weighted by Gasteiger charge is -2.20. The van der Waals surface area contributed by atoms with Crippen molar-refractivity contribution in [3.05, 3.63) is 35.4 Å². The maximum absolute atomic E-state index is 11.8. The highest BCUT2D eigenvalue weighted by molar-refractivity contribution is 7.52. The molecule has 0 amide bonds. The van der Waals surface area contributed by atoms with E-state index in [2.05, 4.69) is 12.2 Å². The van der Waals surface area contributed by atoms with Crippen molar-refractivity contribution in [2.45, 2.75) is 83.8 Å². The third kappa shape index (κ3) is 10.2. The molecule has 1 aromatic rings. The van der Waals surface area contributed by atoms with Crippen molar-refractivity contribution in [3.63, 3.8) is 0 Å². The number of hydrogen-bond donors (Lipinski definition) is 3. The molecule has 0 fully saturated rings. The van der Waals surface area contributed by atoms with Crippen molar-refractivity contribution < 1.29 is 14.4 Å². The van der Waals surface area contributed by atoms with Gasteiger partial charge in [-0.3, -0.25) is 9.88 Å². The molecule has 1 rings (SSSR count). The highest BCUT2D eigenvalue weighted by Gasteiger charge is 2.29. The second kappa shape index (κ2) is 12.6. The van der Waals surface area contributed by atoms with Crippen molar-refractivity contribution in [2.24, 2.45) is 0 Å². The van der Waals surface area contributed by atoms with E-state index in [1.54, 1.807) is 12.1 Å². The minimum Gasteiger partial charge on any atom is -0.323 e. The third-order valence-corrected chi connectivity index (χ3v) is 5.75. The smallest absolute Gasteiger partial charge is 0.323 e. The van der Waals surface area contributed by atoms with E-state index in [4.69, 9.17) is 0 Å². The van der Waals surface area contributed by atoms with Gasteiger partial charge in [0.1, 0.15) is 5.78 Å². The van der Waals surface area contributed by atoms with Crippen LogP contribution in [0.25, 0.3) is 0 Å². The van der Waals surface area contributed by atoms with Gasteiger partial charge in [-0.2, -0.15) is 0 Å². The van der Waals surface area contributed by atoms with Gasteiger partial charge < -0.3 is 9.79 Å². The van der Waals surface area contributed by atoms with Crippen LogP contribution in [-0.4, -0.2) is 16.3 Å². The molecule has 4 nitrogen and oxygen atoms in total. The van der Waals surface area contributed by atoms with Crippen LogP contribution < -0.4 is 5.32 Å². The van der Waals surface area contributed by atoms with Gasteiger partial charge in [-0.05, 0) is 25.5 Å². The van der Waals surface area contributed by atoms with Gasteiger partial charge in [-0.1, -0.05) is 94.5 Å². The molecule has 0 saturated heterocycles. The van der Waals surface area contributed by atoms with E-state index < -0.39 is 13.4 Å². The van der Waals surface area contributed by atoms with Crippen LogP contribution in [0.15, 0.2) is 24.3 Å². The van der Waals surface area contributed by atoms with Crippen LogP contribution in [0, 0.1) is 6.92 Å². The molecule has 25 heavy (non-hydrogen) atoms. The fourth-order valence-corrected chi connectivity index (χ4v) is 3.96. The zero-order valence-electron chi connectivity index (χ0n) is 15.9. The lowest BCUT2D eigenvalue weighted by molar-refractivity contribution is 0.347. The molecule has 144 valence electrons. The number of unbranched alkanes of at least 4 members (excludes halogenated alkanes) is 9. The molecule has 0 aromatic heterocycles. The first-order valence-corrected chi connectivity index (χ1v) is 11.5. The monoisotopic (exact) mass is 369 g/mol. The Morgan fingerprint density at radius 1 is 0.880 bits per heavy atom. The summed E-state index contributed by atoms with van der Waals surface area (Å²) in [5.41, 5.74) is 1.74. The van der Waals surface area contributed by atoms with E-state index in [-0.39, 0.29) is 0 Å². The Morgan fingerprint density at radius 2 is 1.36 bits per heavy atom. The lowest BCUT2D eigenvalue weighted by atomic mass is 10.1. The lowest BCUT2D eigenvalue weighted by Crippen LogP contribution is -2.22. The van der Waals surface area contributed by atoms with Crippen LogP contribution in [0.2, 0.25) is 0 Å². The normalized spacial score (nSPS) is 13.1. The van der Waals surface area contributed by atoms with Gasteiger partial charge in [-0.15, -0.1) is 0 Å². The summed E-state index contributed by atoms with van der Waals surface area (Å²) in [7, 11) is -4.20. The number of aryl methyl sites for hydroxylation is 1. The molecule has 0 radical (unpaired) electrons. The molecule has 0 aliphatic heterocycles. The molecular weight excluding hydrogens is 333 g/mol. The van der Waals surface area contributed by atoms with Gasteiger partial charge in [0.15, 0.2) is 0 Å². The number of nitrogens with one attached hydrogen (secondary N) is 1. The zero-order chi connectivity index (χ0) is 18.5. The van der Waals surface area contributed by atoms with Gasteiger partial charge >= 0.3 is 7.60 Å². The summed E-state index contributed by atoms with van der Waals surface area (Å²) in [5, 5.41) is 3.06. The second-order valence-electron chi connectivity index (χ2n) is 7.04. The first-order chi connectivity index (χ1) is 11.9. The summed E-state index contributed by atoms with van der Waals surface area (Å²) in [6.45, 7) is 4.84. The minimum atomic E-state index is -4.20. The van der Waals surface area contributed by atoms with Crippen molar-refractivity contribution in [1.82, 2.24) is 5.32 Å². The van der Waals surface area contributed by atoms with Crippen LogP contribution in [0.1, 0.15) is 88.0 Å². The predicted molar refractivity (Wildman–Crippen MR) is 106 cm³/mol. The third-order valence-electron chi connectivity index (χ3n) is 4.60. The fraction of sp³-hybridized carbons (Fsp3) is 0.700. The van der Waals surface area contributed by atoms with Gasteiger partial charge in [0.25, 0.3) is 0 Å². The molecule has 0 spiro atoms. The molecule has 1 unspecified atom stereocenters. The van der Waals surface area contributed by atoms with Crippen molar-refractivity contribution in [3.8, 4) is 0 Å². The van der Waals surface area contributed by atoms with Gasteiger partial charge in [0.2, 0.25) is 0 Å². The summed E-state index contributed by atoms with van der Waals surface area (Å²) < 4.78 is 11.8. The van der Waals surface area contributed by atoms with Gasteiger partial charge in [0, 0.05) is 0 Å². The number of hydrogen-bond acceptors (Lipinski definition) is 2. The summed E-state index contributed by atoms with van der Waals surface area (Å²) >= 11 is 0. The van der Waals surface area contributed by atoms with Crippen molar-refractivity contribution >= 4 is 7.60 Å².